The first-order valence-corrected chi connectivity index (χ1v) is 11.8. The predicted molar refractivity (Wildman–Crippen MR) is 138 cm³/mol. The number of piperazine rings is 1. The molecule has 2 aromatic heterocycles. The van der Waals surface area contributed by atoms with E-state index in [2.05, 4.69) is 44.6 Å². The van der Waals surface area contributed by atoms with E-state index in [9.17, 15) is 0 Å². The van der Waals surface area contributed by atoms with Crippen LogP contribution in [0.5, 0.6) is 0 Å². The van der Waals surface area contributed by atoms with Crippen molar-refractivity contribution in [1.29, 1.82) is 0 Å². The molecular formula is C25H28ClN7. The zero-order valence-corrected chi connectivity index (χ0v) is 19.5. The summed E-state index contributed by atoms with van der Waals surface area (Å²) < 4.78 is 0. The molecule has 8 heteroatoms. The molecule has 7 nitrogen and oxygen atoms in total. The summed E-state index contributed by atoms with van der Waals surface area (Å²) in [5, 5.41) is 9.91. The van der Waals surface area contributed by atoms with E-state index in [1.165, 1.54) is 0 Å². The third kappa shape index (κ3) is 4.94. The molecule has 4 aromatic rings. The average Bonchev–Trinajstić information content (AvgIpc) is 2.84. The molecule has 1 aliphatic heterocycles. The molecular weight excluding hydrogens is 434 g/mol. The summed E-state index contributed by atoms with van der Waals surface area (Å²) in [6.07, 6.45) is 2.76. The predicted octanol–water partition coefficient (Wildman–Crippen LogP) is 4.50. The monoisotopic (exact) mass is 461 g/mol. The van der Waals surface area contributed by atoms with Crippen molar-refractivity contribution in [1.82, 2.24) is 19.9 Å². The van der Waals surface area contributed by atoms with E-state index < -0.39 is 0 Å². The molecule has 0 unspecified atom stereocenters. The van der Waals surface area contributed by atoms with Crippen molar-refractivity contribution in [2.75, 3.05) is 61.8 Å². The van der Waals surface area contributed by atoms with Gasteiger partial charge in [-0.15, -0.1) is 0 Å². The van der Waals surface area contributed by atoms with E-state index in [4.69, 9.17) is 21.6 Å². The van der Waals surface area contributed by atoms with Gasteiger partial charge in [0.1, 0.15) is 5.82 Å². The van der Waals surface area contributed by atoms with Gasteiger partial charge >= 0.3 is 0 Å². The molecule has 5 rings (SSSR count). The first kappa shape index (κ1) is 21.7. The first-order valence-electron chi connectivity index (χ1n) is 11.4. The normalized spacial score (nSPS) is 14.7. The lowest BCUT2D eigenvalue weighted by atomic mass is 10.2. The fourth-order valence-corrected chi connectivity index (χ4v) is 4.31. The van der Waals surface area contributed by atoms with Gasteiger partial charge in [0.25, 0.3) is 0 Å². The number of halogens is 1. The highest BCUT2D eigenvalue weighted by atomic mass is 35.5. The largest absolute Gasteiger partial charge is 0.384 e. The smallest absolute Gasteiger partial charge is 0.227 e. The highest BCUT2D eigenvalue weighted by Gasteiger charge is 2.18. The average molecular weight is 462 g/mol. The number of nitrogens with zero attached hydrogens (tertiary/aromatic N) is 5. The zero-order chi connectivity index (χ0) is 22.6. The van der Waals surface area contributed by atoms with E-state index in [-0.39, 0.29) is 0 Å². The second-order valence-electron chi connectivity index (χ2n) is 8.41. The van der Waals surface area contributed by atoms with Crippen LogP contribution in [-0.2, 0) is 0 Å². The van der Waals surface area contributed by atoms with Crippen LogP contribution in [0.1, 0.15) is 6.42 Å². The second-order valence-corrected chi connectivity index (χ2v) is 8.84. The molecule has 0 saturated carbocycles. The van der Waals surface area contributed by atoms with Gasteiger partial charge < -0.3 is 20.4 Å². The molecule has 0 amide bonds. The molecule has 0 radical (unpaired) electrons. The number of likely N-dealkylation sites (N-methyl/N-ethyl adjacent to an activating group) is 1. The van der Waals surface area contributed by atoms with Gasteiger partial charge in [-0.25, -0.2) is 4.98 Å². The molecule has 0 bridgehead atoms. The molecule has 1 fully saturated rings. The summed E-state index contributed by atoms with van der Waals surface area (Å²) >= 11 is 6.10. The Hall–Kier alpha value is -3.16. The van der Waals surface area contributed by atoms with Crippen LogP contribution >= 0.6 is 11.6 Å². The lowest BCUT2D eigenvalue weighted by Crippen LogP contribution is -2.45. The molecule has 0 aliphatic carbocycles. The zero-order valence-electron chi connectivity index (χ0n) is 18.8. The number of anilines is 3. The summed E-state index contributed by atoms with van der Waals surface area (Å²) in [6, 6.07) is 16.0. The first-order chi connectivity index (χ1) is 16.2. The number of hydrogen-bond donors (Lipinski definition) is 2. The van der Waals surface area contributed by atoms with Crippen molar-refractivity contribution in [2.24, 2.45) is 0 Å². The van der Waals surface area contributed by atoms with Crippen molar-refractivity contribution >= 4 is 50.9 Å². The number of hydrogen-bond acceptors (Lipinski definition) is 7. The minimum Gasteiger partial charge on any atom is -0.384 e. The molecule has 0 atom stereocenters. The highest BCUT2D eigenvalue weighted by molar-refractivity contribution is 6.31. The topological polar surface area (TPSA) is 69.2 Å². The lowest BCUT2D eigenvalue weighted by molar-refractivity contribution is 0.311. The number of fused-ring (bicyclic) bond motifs is 2. The summed E-state index contributed by atoms with van der Waals surface area (Å²) in [5.74, 6) is 1.71. The van der Waals surface area contributed by atoms with Gasteiger partial charge in [0.05, 0.1) is 11.0 Å². The van der Waals surface area contributed by atoms with Crippen LogP contribution in [0, 0.1) is 0 Å². The van der Waals surface area contributed by atoms with E-state index >= 15 is 0 Å². The summed E-state index contributed by atoms with van der Waals surface area (Å²) in [4.78, 5) is 18.8. The van der Waals surface area contributed by atoms with Crippen LogP contribution in [-0.4, -0.2) is 66.2 Å². The number of pyridine rings is 1. The third-order valence-corrected chi connectivity index (χ3v) is 6.28. The van der Waals surface area contributed by atoms with Crippen molar-refractivity contribution in [3.8, 4) is 0 Å². The maximum absolute atomic E-state index is 6.10. The van der Waals surface area contributed by atoms with E-state index in [0.29, 0.717) is 5.02 Å². The van der Waals surface area contributed by atoms with Crippen LogP contribution in [0.2, 0.25) is 5.02 Å². The standard InChI is InChI=1S/C25H28ClN7/c1-32-13-15-33(16-14-32)25-30-22-6-3-2-5-20(22)24(31-25)29-11-4-10-27-21-9-12-28-23-17-18(26)7-8-19(21)23/h2-3,5-9,12,17H,4,10-11,13-16H2,1H3,(H,27,28)(H,29,30,31). The molecule has 1 saturated heterocycles. The Morgan fingerprint density at radius 3 is 2.58 bits per heavy atom. The van der Waals surface area contributed by atoms with Gasteiger partial charge in [-0.05, 0) is 49.9 Å². The fourth-order valence-electron chi connectivity index (χ4n) is 4.14. The second kappa shape index (κ2) is 9.77. The van der Waals surface area contributed by atoms with Crippen LogP contribution in [0.15, 0.2) is 54.7 Å². The Labute approximate surface area is 198 Å². The Balaban J connectivity index is 1.24. The number of benzene rings is 2. The summed E-state index contributed by atoms with van der Waals surface area (Å²) in [5.41, 5.74) is 2.94. The van der Waals surface area contributed by atoms with Gasteiger partial charge in [-0.3, -0.25) is 4.98 Å². The Morgan fingerprint density at radius 1 is 0.879 bits per heavy atom. The number of para-hydroxylation sites is 1. The summed E-state index contributed by atoms with van der Waals surface area (Å²) in [6.45, 7) is 5.60. The van der Waals surface area contributed by atoms with E-state index in [0.717, 1.165) is 84.9 Å². The van der Waals surface area contributed by atoms with Crippen LogP contribution in [0.4, 0.5) is 17.5 Å². The molecule has 0 spiro atoms. The van der Waals surface area contributed by atoms with Crippen molar-refractivity contribution in [3.63, 3.8) is 0 Å². The minimum atomic E-state index is 0.698. The Bertz CT molecular complexity index is 1250. The van der Waals surface area contributed by atoms with Gasteiger partial charge in [0.2, 0.25) is 5.95 Å². The summed E-state index contributed by atoms with van der Waals surface area (Å²) in [7, 11) is 2.16. The van der Waals surface area contributed by atoms with E-state index in [1.807, 2.05) is 42.6 Å². The van der Waals surface area contributed by atoms with Crippen molar-refractivity contribution < 1.29 is 0 Å². The molecule has 3 heterocycles. The van der Waals surface area contributed by atoms with Gasteiger partial charge in [0.15, 0.2) is 0 Å². The molecule has 33 heavy (non-hydrogen) atoms. The van der Waals surface area contributed by atoms with Gasteiger partial charge in [-0.1, -0.05) is 23.7 Å². The molecule has 170 valence electrons. The van der Waals surface area contributed by atoms with Crippen molar-refractivity contribution in [2.45, 2.75) is 6.42 Å². The van der Waals surface area contributed by atoms with Crippen LogP contribution in [0.3, 0.4) is 0 Å². The lowest BCUT2D eigenvalue weighted by Gasteiger charge is -2.32. The minimum absolute atomic E-state index is 0.698. The number of rotatable bonds is 7. The SMILES string of the molecule is CN1CCN(c2nc(NCCCNc3ccnc4cc(Cl)ccc34)c3ccccc3n2)CC1. The van der Waals surface area contributed by atoms with Gasteiger partial charge in [-0.2, -0.15) is 4.98 Å². The Morgan fingerprint density at radius 2 is 1.70 bits per heavy atom. The van der Waals surface area contributed by atoms with Crippen LogP contribution in [0.25, 0.3) is 21.8 Å². The van der Waals surface area contributed by atoms with Crippen LogP contribution < -0.4 is 15.5 Å². The maximum atomic E-state index is 6.10. The third-order valence-electron chi connectivity index (χ3n) is 6.04. The Kier molecular flexibility index (Phi) is 6.41. The number of nitrogens with one attached hydrogen (secondary N) is 2. The fraction of sp³-hybridized carbons (Fsp3) is 0.320. The molecule has 1 aliphatic rings. The maximum Gasteiger partial charge on any atom is 0.227 e. The molecule has 2 aromatic carbocycles. The molecule has 2 N–H and O–H groups in total. The van der Waals surface area contributed by atoms with Crippen molar-refractivity contribution in [3.05, 3.63) is 59.8 Å². The van der Waals surface area contributed by atoms with Gasteiger partial charge in [0, 0.05) is 66.9 Å². The van der Waals surface area contributed by atoms with E-state index in [1.54, 1.807) is 0 Å². The highest BCUT2D eigenvalue weighted by Crippen LogP contribution is 2.25. The quantitative estimate of drug-likeness (QED) is 0.393. The number of aromatic nitrogens is 3.